The summed E-state index contributed by atoms with van der Waals surface area (Å²) in [6, 6.07) is -3.53. The number of hydrogen-bond donors (Lipinski definition) is 4. The van der Waals surface area contributed by atoms with Crippen molar-refractivity contribution in [2.75, 3.05) is 11.0 Å². The van der Waals surface area contributed by atoms with Crippen LogP contribution in [-0.4, -0.2) is 61.6 Å². The van der Waals surface area contributed by atoms with Crippen molar-refractivity contribution in [2.24, 2.45) is 11.4 Å². The molecule has 0 bridgehead atoms. The molecule has 42 heavy (non-hydrogen) atoms. The molecule has 0 spiro atoms. The smallest absolute Gasteiger partial charge is 0.314 e. The molecule has 0 saturated heterocycles. The lowest BCUT2D eigenvalue weighted by Crippen LogP contribution is -2.18. The molecule has 2 heterocycles. The number of urea groups is 1. The molecule has 0 aromatic carbocycles. The molecule has 2 aromatic rings. The van der Waals surface area contributed by atoms with Crippen molar-refractivity contribution >= 4 is 51.8 Å². The number of aliphatic hydroxyl groups excluding tert-OH is 1. The van der Waals surface area contributed by atoms with E-state index in [1.165, 1.54) is 44.0 Å². The van der Waals surface area contributed by atoms with Gasteiger partial charge >= 0.3 is 12.0 Å². The molecule has 2 amide bonds. The van der Waals surface area contributed by atoms with E-state index in [9.17, 15) is 14.4 Å². The zero-order chi connectivity index (χ0) is 49.7. The average molecular weight is 751 g/mol. The highest BCUT2D eigenvalue weighted by molar-refractivity contribution is 14.1. The van der Waals surface area contributed by atoms with Gasteiger partial charge < -0.3 is 21.7 Å². The third-order valence-electron chi connectivity index (χ3n) is 2.78. The summed E-state index contributed by atoms with van der Waals surface area (Å²) in [5.74, 6) is -0.125. The quantitative estimate of drug-likeness (QED) is 0.102. The normalized spacial score (nSPS) is 16.0. The molecule has 0 unspecified atom stereocenters. The highest BCUT2D eigenvalue weighted by atomic mass is 127. The Hall–Kier alpha value is -2.45. The molecule has 6 N–H and O–H groups in total. The highest BCUT2D eigenvalue weighted by Gasteiger charge is 1.95. The van der Waals surface area contributed by atoms with E-state index in [2.05, 4.69) is 73.5 Å². The number of nitrogens with zero attached hydrogens (tertiary/aromatic N) is 4. The summed E-state index contributed by atoms with van der Waals surface area (Å²) in [4.78, 5) is 43.4. The van der Waals surface area contributed by atoms with Crippen LogP contribution >= 0.6 is 34.2 Å². The van der Waals surface area contributed by atoms with Gasteiger partial charge in [-0.15, -0.1) is 0 Å². The van der Waals surface area contributed by atoms with Crippen molar-refractivity contribution in [3.8, 4) is 6.01 Å². The largest absolute Gasteiger partial charge is 0.479 e. The summed E-state index contributed by atoms with van der Waals surface area (Å²) in [6.07, 6.45) is 5.43. The number of nitrogens with two attached hydrogens (primary N) is 2. The minimum Gasteiger partial charge on any atom is -0.479 e. The van der Waals surface area contributed by atoms with E-state index in [4.69, 9.17) is 39.3 Å². The average Bonchev–Trinajstić information content (AvgIpc) is 3.11. The van der Waals surface area contributed by atoms with E-state index in [0.717, 1.165) is 0 Å². The standard InChI is InChI=1S/C6H7ClN2.C6H8N2O.C5H8O2.C4H9I.C4H10.C2H6O.CH4N2O.CH4/c1-4-3-5(2)9-6(7)8-4;1-4-3-5(2)8-6(9)7-4;1-4(6)3-5(2)7;1-2-3-4-5;1-3-4-2;1-2-3;2-1(3)4;/h3H,1-2H3;3H,1-2H3,(H,7,8,9);3H2,1-2H3;2-4H2,1H3;3-4H2,1-2H3;3H,2H2,1H3;(H4,2,3,4);1H4/i2*1D3,2D3,3D;;;;3D;;/hD5. The van der Waals surface area contributed by atoms with Gasteiger partial charge in [-0.25, -0.2) is 24.7 Å². The van der Waals surface area contributed by atoms with Gasteiger partial charge in [0.05, 0.1) is 9.16 Å². The van der Waals surface area contributed by atoms with E-state index < -0.39 is 79.6 Å². The number of alkyl halides is 1. The minimum atomic E-state index is -2.77. The lowest BCUT2D eigenvalue weighted by Gasteiger charge is -1.93. The summed E-state index contributed by atoms with van der Waals surface area (Å²) in [6.45, 7) is 0.711. The van der Waals surface area contributed by atoms with Crippen molar-refractivity contribution in [2.45, 2.75) is 108 Å². The molecule has 246 valence electrons. The Morgan fingerprint density at radius 2 is 1.31 bits per heavy atom. The Kier molecular flexibility index (Phi) is 18.8. The lowest BCUT2D eigenvalue weighted by molar-refractivity contribution is -0.124. The number of unbranched alkanes of at least 4 members (excludes halogenated alkanes) is 2. The molecule has 11 nitrogen and oxygen atoms in total. The molecule has 13 heteroatoms. The van der Waals surface area contributed by atoms with Crippen molar-refractivity contribution in [1.29, 1.82) is 2.86 Å². The Labute approximate surface area is 301 Å². The van der Waals surface area contributed by atoms with Crippen LogP contribution in [0.2, 0.25) is 10.9 Å². The highest BCUT2D eigenvalue weighted by Crippen LogP contribution is 2.03. The summed E-state index contributed by atoms with van der Waals surface area (Å²) >= 11 is 7.82. The van der Waals surface area contributed by atoms with Crippen LogP contribution in [0.1, 0.15) is 123 Å². The van der Waals surface area contributed by atoms with Crippen LogP contribution in [0.25, 0.3) is 0 Å². The number of amides is 2. The topological polar surface area (TPSA) is 195 Å². The molecule has 0 aliphatic carbocycles. The molecule has 0 aliphatic rings. The number of hydrogen-bond acceptors (Lipinski definition) is 9. The third kappa shape index (κ3) is 61.5. The first-order valence-corrected chi connectivity index (χ1v) is 13.7. The number of ketones is 2. The zero-order valence-electron chi connectivity index (χ0n) is 43.9. The van der Waals surface area contributed by atoms with E-state index in [0.29, 0.717) is 6.61 Å². The molecular formula is C29H56ClIN6O5. The maximum atomic E-state index is 10.0. The van der Waals surface area contributed by atoms with E-state index in [-0.39, 0.29) is 36.9 Å². The van der Waals surface area contributed by atoms with E-state index in [1.807, 2.05) is 0 Å². The summed E-state index contributed by atoms with van der Waals surface area (Å²) in [7, 11) is 0. The number of halogens is 2. The van der Waals surface area contributed by atoms with Crippen molar-refractivity contribution < 1.29 is 49.4 Å². The first-order valence-electron chi connectivity index (χ1n) is 21.4. The zero-order valence-corrected chi connectivity index (χ0v) is 26.8. The second-order valence-corrected chi connectivity index (χ2v) is 8.25. The Morgan fingerprint density at radius 1 is 0.905 bits per heavy atom. The molecule has 0 radical (unpaired) electrons. The predicted molar refractivity (Wildman–Crippen MR) is 183 cm³/mol. The van der Waals surface area contributed by atoms with Crippen molar-refractivity contribution in [1.82, 2.24) is 19.9 Å². The summed E-state index contributed by atoms with van der Waals surface area (Å²) in [5.41, 5.74) is -3.50. The number of aryl methyl sites for hydroxylation is 4. The van der Waals surface area contributed by atoms with Crippen LogP contribution in [0.5, 0.6) is 6.01 Å². The Balaban J connectivity index is -0.000000159. The molecule has 2 aromatic heterocycles. The Morgan fingerprint density at radius 3 is 1.48 bits per heavy atom. The SMILES string of the molecule is C.CC(=O)CC(C)=O.CCCC.CCCCI.[2H]N([2H])C(=O)N([2H])[2H].[2H]OCC.[2H]Oc1nc(C([2H])([2H])[2H])c([2H])c(C([2H])([2H])[2H])n1.[2H]c1c(C([2H])([2H])[2H])nc(Cl)nc1C([2H])([2H])[2H]. The number of aromatic nitrogens is 4. The fourth-order valence-corrected chi connectivity index (χ4v) is 2.18. The number of aromatic hydroxyl groups is 1. The van der Waals surface area contributed by atoms with Crippen molar-refractivity contribution in [3.05, 3.63) is 40.1 Å². The van der Waals surface area contributed by atoms with Crippen LogP contribution in [-0.2, 0) is 9.59 Å². The van der Waals surface area contributed by atoms with Gasteiger partial charge in [0.15, 0.2) is 5.65 Å². The molecule has 0 atom stereocenters. The molecule has 2 rings (SSSR count). The van der Waals surface area contributed by atoms with Gasteiger partial charge in [-0.1, -0.05) is 70.1 Å². The monoisotopic (exact) mass is 750 g/mol. The predicted octanol–water partition coefficient (Wildman–Crippen LogP) is 6.79. The lowest BCUT2D eigenvalue weighted by atomic mass is 10.2. The van der Waals surface area contributed by atoms with Gasteiger partial charge in [0.2, 0.25) is 6.71 Å². The van der Waals surface area contributed by atoms with E-state index in [1.54, 1.807) is 6.92 Å². The molecular weight excluding hydrogens is 675 g/mol. The number of carbonyl (C=O) groups is 3. The van der Waals surface area contributed by atoms with Gasteiger partial charge in [0.1, 0.15) is 11.6 Å². The number of rotatable bonds is 7. The van der Waals surface area contributed by atoms with E-state index >= 15 is 0 Å². The second kappa shape index (κ2) is 38.5. The number of Topliss-reactive ketones (excluding diaryl/α,β-unsaturated/α-hetero) is 2. The van der Waals surface area contributed by atoms with Crippen molar-refractivity contribution in [3.63, 3.8) is 0 Å². The van der Waals surface area contributed by atoms with Crippen LogP contribution in [0, 0.1) is 27.4 Å². The Bertz CT molecular complexity index is 1450. The van der Waals surface area contributed by atoms with Gasteiger partial charge in [0.25, 0.3) is 1.43 Å². The van der Waals surface area contributed by atoms with Crippen LogP contribution in [0.4, 0.5) is 4.79 Å². The first kappa shape index (κ1) is 20.5. The third-order valence-corrected chi connectivity index (χ3v) is 3.71. The maximum Gasteiger partial charge on any atom is 0.314 e. The maximum absolute atomic E-state index is 10.0. The first-order chi connectivity index (χ1) is 27.5. The minimum absolute atomic E-state index is 0. The van der Waals surface area contributed by atoms with Gasteiger partial charge in [-0.2, -0.15) is 0 Å². The number of carbonyl (C=O) groups excluding carboxylic acids is 3. The van der Waals surface area contributed by atoms with Gasteiger partial charge in [-0.3, -0.25) is 9.59 Å². The fourth-order valence-electron chi connectivity index (χ4n) is 1.25. The molecule has 0 saturated carbocycles. The number of primary amides is 2. The van der Waals surface area contributed by atoms with Crippen LogP contribution in [0.15, 0.2) is 12.1 Å². The van der Waals surface area contributed by atoms with Gasteiger partial charge in [-0.05, 0) is 82.7 Å². The summed E-state index contributed by atoms with van der Waals surface area (Å²) < 4.78 is 139. The van der Waals surface area contributed by atoms with Crippen LogP contribution in [0.3, 0.4) is 0 Å². The molecule has 0 fully saturated rings. The fraction of sp³-hybridized carbons (Fsp3) is 0.621. The van der Waals surface area contributed by atoms with Gasteiger partial charge in [0, 0.05) is 45.8 Å². The molecule has 0 aliphatic heterocycles. The summed E-state index contributed by atoms with van der Waals surface area (Å²) in [5, 5.41) is 7.18. The number of aliphatic hydroxyl groups is 1. The second-order valence-electron chi connectivity index (χ2n) is 6.84. The van der Waals surface area contributed by atoms with Crippen LogP contribution < -0.4 is 11.4 Å².